The quantitative estimate of drug-likeness (QED) is 0.649. The molecule has 1 aliphatic heterocycles. The molecule has 2 aromatic carbocycles. The summed E-state index contributed by atoms with van der Waals surface area (Å²) in [4.78, 5) is 19.0. The molecule has 8 heteroatoms. The molecule has 1 amide bonds. The fourth-order valence-electron chi connectivity index (χ4n) is 3.59. The van der Waals surface area contributed by atoms with Gasteiger partial charge in [0.25, 0.3) is 15.9 Å². The van der Waals surface area contributed by atoms with E-state index in [0.29, 0.717) is 10.7 Å². The molecule has 6 nitrogen and oxygen atoms in total. The first-order valence-electron chi connectivity index (χ1n) is 9.40. The van der Waals surface area contributed by atoms with Crippen molar-refractivity contribution >= 4 is 32.4 Å². The molecule has 1 fully saturated rings. The molecule has 29 heavy (non-hydrogen) atoms. The molecule has 0 aliphatic carbocycles. The van der Waals surface area contributed by atoms with Crippen molar-refractivity contribution in [2.75, 3.05) is 11.3 Å². The number of sulfonamides is 1. The normalized spacial score (nSPS) is 16.7. The van der Waals surface area contributed by atoms with Crippen LogP contribution in [0.5, 0.6) is 0 Å². The smallest absolute Gasteiger partial charge is 0.263 e. The zero-order chi connectivity index (χ0) is 20.3. The summed E-state index contributed by atoms with van der Waals surface area (Å²) in [5.74, 6) is -0.0553. The zero-order valence-electron chi connectivity index (χ0n) is 15.7. The number of nitrogens with zero attached hydrogens (tertiary/aromatic N) is 2. The van der Waals surface area contributed by atoms with Crippen molar-refractivity contribution in [1.82, 2.24) is 9.88 Å². The lowest BCUT2D eigenvalue weighted by atomic mass is 10.0. The minimum atomic E-state index is -3.72. The summed E-state index contributed by atoms with van der Waals surface area (Å²) in [6, 6.07) is 16.4. The molecule has 0 saturated carbocycles. The molecular formula is C21H21N3O3S2. The lowest BCUT2D eigenvalue weighted by Crippen LogP contribution is -2.36. The Balaban J connectivity index is 1.47. The van der Waals surface area contributed by atoms with Gasteiger partial charge in [0.2, 0.25) is 0 Å². The molecule has 4 rings (SSSR count). The molecule has 0 spiro atoms. The third-order valence-electron chi connectivity index (χ3n) is 5.02. The van der Waals surface area contributed by atoms with Gasteiger partial charge >= 0.3 is 0 Å². The van der Waals surface area contributed by atoms with Crippen LogP contribution < -0.4 is 4.72 Å². The highest BCUT2D eigenvalue weighted by atomic mass is 32.2. The predicted octanol–water partition coefficient (Wildman–Crippen LogP) is 3.79. The van der Waals surface area contributed by atoms with Crippen molar-refractivity contribution < 1.29 is 13.2 Å². The molecule has 150 valence electrons. The van der Waals surface area contributed by atoms with Gasteiger partial charge in [-0.2, -0.15) is 0 Å². The highest BCUT2D eigenvalue weighted by Gasteiger charge is 2.29. The minimum Gasteiger partial charge on any atom is -0.335 e. The number of hydrogen-bond acceptors (Lipinski definition) is 5. The first-order valence-corrected chi connectivity index (χ1v) is 11.8. The maximum absolute atomic E-state index is 13.0. The van der Waals surface area contributed by atoms with Gasteiger partial charge in [-0.15, -0.1) is 11.3 Å². The summed E-state index contributed by atoms with van der Waals surface area (Å²) in [5, 5.41) is 2.01. The third kappa shape index (κ3) is 4.49. The van der Waals surface area contributed by atoms with Crippen LogP contribution in [0.1, 0.15) is 28.8 Å². The van der Waals surface area contributed by atoms with Crippen LogP contribution in [0.3, 0.4) is 0 Å². The number of thiazole rings is 1. The fourth-order valence-corrected chi connectivity index (χ4v) is 5.38. The highest BCUT2D eigenvalue weighted by molar-refractivity contribution is 7.93. The number of nitrogens with one attached hydrogen (secondary N) is 1. The Morgan fingerprint density at radius 1 is 1.14 bits per heavy atom. The number of hydrogen-bond donors (Lipinski definition) is 1. The first kappa shape index (κ1) is 19.6. The van der Waals surface area contributed by atoms with Gasteiger partial charge in [-0.3, -0.25) is 9.52 Å². The molecule has 0 radical (unpaired) electrons. The average Bonchev–Trinajstić information content (AvgIpc) is 3.40. The second-order valence-corrected chi connectivity index (χ2v) is 9.53. The summed E-state index contributed by atoms with van der Waals surface area (Å²) in [6.07, 6.45) is 4.32. The van der Waals surface area contributed by atoms with Crippen molar-refractivity contribution in [2.45, 2.75) is 30.2 Å². The Bertz CT molecular complexity index is 1070. The maximum atomic E-state index is 13.0. The van der Waals surface area contributed by atoms with E-state index in [-0.39, 0.29) is 16.8 Å². The Morgan fingerprint density at radius 3 is 2.59 bits per heavy atom. The van der Waals surface area contributed by atoms with Gasteiger partial charge in [0.05, 0.1) is 4.90 Å². The number of amides is 1. The van der Waals surface area contributed by atoms with E-state index in [0.717, 1.165) is 25.8 Å². The van der Waals surface area contributed by atoms with E-state index < -0.39 is 10.0 Å². The summed E-state index contributed by atoms with van der Waals surface area (Å²) in [7, 11) is -3.72. The van der Waals surface area contributed by atoms with Gasteiger partial charge < -0.3 is 4.90 Å². The third-order valence-corrected chi connectivity index (χ3v) is 7.19. The monoisotopic (exact) mass is 427 g/mol. The Labute approximate surface area is 174 Å². The number of carbonyl (C=O) groups excluding carboxylic acids is 1. The van der Waals surface area contributed by atoms with E-state index in [1.165, 1.54) is 35.2 Å². The maximum Gasteiger partial charge on any atom is 0.263 e. The summed E-state index contributed by atoms with van der Waals surface area (Å²) in [5.41, 5.74) is 1.71. The van der Waals surface area contributed by atoms with Crippen LogP contribution in [0.2, 0.25) is 0 Å². The van der Waals surface area contributed by atoms with E-state index >= 15 is 0 Å². The summed E-state index contributed by atoms with van der Waals surface area (Å²) >= 11 is 1.21. The number of anilines is 1. The molecular weight excluding hydrogens is 406 g/mol. The van der Waals surface area contributed by atoms with Gasteiger partial charge in [-0.25, -0.2) is 13.4 Å². The van der Waals surface area contributed by atoms with Crippen LogP contribution in [-0.2, 0) is 16.4 Å². The van der Waals surface area contributed by atoms with Crippen molar-refractivity contribution in [3.63, 3.8) is 0 Å². The predicted molar refractivity (Wildman–Crippen MR) is 114 cm³/mol. The van der Waals surface area contributed by atoms with E-state index in [1.807, 2.05) is 23.1 Å². The van der Waals surface area contributed by atoms with Crippen LogP contribution in [0, 0.1) is 0 Å². The number of aromatic nitrogens is 1. The second kappa shape index (κ2) is 8.34. The van der Waals surface area contributed by atoms with Crippen LogP contribution in [-0.4, -0.2) is 36.8 Å². The molecule has 1 unspecified atom stereocenters. The van der Waals surface area contributed by atoms with Crippen LogP contribution in [0.4, 0.5) is 5.13 Å². The summed E-state index contributed by atoms with van der Waals surface area (Å²) in [6.45, 7) is 0.724. The van der Waals surface area contributed by atoms with Gasteiger partial charge in [0, 0.05) is 29.7 Å². The molecule has 1 N–H and O–H groups in total. The summed E-state index contributed by atoms with van der Waals surface area (Å²) < 4.78 is 27.3. The Kier molecular flexibility index (Phi) is 5.64. The topological polar surface area (TPSA) is 79.4 Å². The van der Waals surface area contributed by atoms with Crippen LogP contribution in [0.15, 0.2) is 71.1 Å². The largest absolute Gasteiger partial charge is 0.335 e. The van der Waals surface area contributed by atoms with Crippen molar-refractivity contribution in [3.8, 4) is 0 Å². The minimum absolute atomic E-state index is 0.0553. The Morgan fingerprint density at radius 2 is 1.90 bits per heavy atom. The van der Waals surface area contributed by atoms with E-state index in [1.54, 1.807) is 17.5 Å². The fraction of sp³-hybridized carbons (Fsp3) is 0.238. The first-order chi connectivity index (χ1) is 14.0. The highest BCUT2D eigenvalue weighted by Crippen LogP contribution is 2.24. The van der Waals surface area contributed by atoms with Gasteiger partial charge in [0.1, 0.15) is 0 Å². The number of likely N-dealkylation sites (tertiary alicyclic amines) is 1. The van der Waals surface area contributed by atoms with Gasteiger partial charge in [-0.1, -0.05) is 30.3 Å². The molecule has 0 bridgehead atoms. The number of rotatable bonds is 6. The lowest BCUT2D eigenvalue weighted by Gasteiger charge is -2.25. The average molecular weight is 428 g/mol. The SMILES string of the molecule is O=C(c1ccc(S(=O)(=O)Nc2nccs2)cc1)N1CCCC1Cc1ccccc1. The second-order valence-electron chi connectivity index (χ2n) is 6.95. The Hall–Kier alpha value is -2.71. The molecule has 2 heterocycles. The van der Waals surface area contributed by atoms with E-state index in [4.69, 9.17) is 0 Å². The molecule has 1 aromatic heterocycles. The van der Waals surface area contributed by atoms with Crippen molar-refractivity contribution in [2.24, 2.45) is 0 Å². The van der Waals surface area contributed by atoms with Crippen LogP contribution in [0.25, 0.3) is 0 Å². The molecule has 3 aromatic rings. The van der Waals surface area contributed by atoms with Gasteiger partial charge in [0.15, 0.2) is 5.13 Å². The number of benzene rings is 2. The van der Waals surface area contributed by atoms with E-state index in [2.05, 4.69) is 21.8 Å². The van der Waals surface area contributed by atoms with E-state index in [9.17, 15) is 13.2 Å². The molecule has 1 atom stereocenters. The lowest BCUT2D eigenvalue weighted by molar-refractivity contribution is 0.0736. The molecule has 1 saturated heterocycles. The standard InChI is InChI=1S/C21H21N3O3S2/c25-20(24-13-4-7-18(24)15-16-5-2-1-3-6-16)17-8-10-19(11-9-17)29(26,27)23-21-22-12-14-28-21/h1-3,5-6,8-12,14,18H,4,7,13,15H2,(H,22,23). The van der Waals surface area contributed by atoms with Gasteiger partial charge in [-0.05, 0) is 49.1 Å². The zero-order valence-corrected chi connectivity index (χ0v) is 17.3. The van der Waals surface area contributed by atoms with Crippen molar-refractivity contribution in [1.29, 1.82) is 0 Å². The molecule has 1 aliphatic rings. The van der Waals surface area contributed by atoms with Crippen LogP contribution >= 0.6 is 11.3 Å². The number of carbonyl (C=O) groups is 1. The van der Waals surface area contributed by atoms with Crippen molar-refractivity contribution in [3.05, 3.63) is 77.3 Å².